The van der Waals surface area contributed by atoms with Crippen molar-refractivity contribution in [3.63, 3.8) is 0 Å². The first-order valence-electron chi connectivity index (χ1n) is 17.3. The number of nitrogens with zero attached hydrogens (tertiary/aromatic N) is 3. The van der Waals surface area contributed by atoms with E-state index in [9.17, 15) is 0 Å². The van der Waals surface area contributed by atoms with Crippen molar-refractivity contribution in [1.82, 2.24) is 15.0 Å². The molecule has 0 unspecified atom stereocenters. The van der Waals surface area contributed by atoms with E-state index in [1.165, 1.54) is 36.5 Å². The van der Waals surface area contributed by atoms with Crippen molar-refractivity contribution in [3.05, 3.63) is 164 Å². The van der Waals surface area contributed by atoms with Crippen molar-refractivity contribution in [2.75, 3.05) is 0 Å². The molecule has 4 nitrogen and oxygen atoms in total. The van der Waals surface area contributed by atoms with Gasteiger partial charge in [0.05, 0.1) is 0 Å². The maximum absolute atomic E-state index is 6.28. The second-order valence-corrected chi connectivity index (χ2v) is 14.2. The molecule has 5 heteroatoms. The third-order valence-electron chi connectivity index (χ3n) is 10.1. The number of furan rings is 1. The van der Waals surface area contributed by atoms with Crippen LogP contribution in [0.15, 0.2) is 168 Å². The summed E-state index contributed by atoms with van der Waals surface area (Å²) >= 11 is 1.87. The van der Waals surface area contributed by atoms with E-state index < -0.39 is 0 Å². The van der Waals surface area contributed by atoms with Crippen molar-refractivity contribution in [3.8, 4) is 45.3 Å². The molecular weight excluding hydrogens is 655 g/mol. The van der Waals surface area contributed by atoms with E-state index in [0.717, 1.165) is 55.0 Å². The van der Waals surface area contributed by atoms with Crippen molar-refractivity contribution in [1.29, 1.82) is 0 Å². The average Bonchev–Trinajstić information content (AvgIpc) is 3.79. The van der Waals surface area contributed by atoms with Gasteiger partial charge in [0.2, 0.25) is 0 Å². The number of para-hydroxylation sites is 1. The molecule has 0 amide bonds. The fourth-order valence-electron chi connectivity index (χ4n) is 7.61. The van der Waals surface area contributed by atoms with E-state index in [1.54, 1.807) is 0 Å². The molecule has 3 heterocycles. The highest BCUT2D eigenvalue weighted by Crippen LogP contribution is 2.44. The number of benzene rings is 8. The van der Waals surface area contributed by atoms with Gasteiger partial charge in [-0.2, -0.15) is 0 Å². The molecule has 52 heavy (non-hydrogen) atoms. The van der Waals surface area contributed by atoms with Crippen molar-refractivity contribution in [2.24, 2.45) is 0 Å². The van der Waals surface area contributed by atoms with Gasteiger partial charge < -0.3 is 4.42 Å². The van der Waals surface area contributed by atoms with Gasteiger partial charge in [-0.25, -0.2) is 15.0 Å². The second kappa shape index (κ2) is 11.4. The molecule has 0 saturated heterocycles. The summed E-state index contributed by atoms with van der Waals surface area (Å²) in [5.74, 6) is 1.85. The molecule has 8 aromatic carbocycles. The van der Waals surface area contributed by atoms with Crippen LogP contribution in [-0.2, 0) is 0 Å². The molecule has 0 N–H and O–H groups in total. The Kier molecular flexibility index (Phi) is 6.39. The van der Waals surface area contributed by atoms with Crippen molar-refractivity contribution in [2.45, 2.75) is 0 Å². The molecule has 0 atom stereocenters. The maximum Gasteiger partial charge on any atom is 0.164 e. The summed E-state index contributed by atoms with van der Waals surface area (Å²) in [4.78, 5) is 15.4. The van der Waals surface area contributed by atoms with Gasteiger partial charge in [-0.05, 0) is 63.0 Å². The Morgan fingerprint density at radius 3 is 1.88 bits per heavy atom. The highest BCUT2D eigenvalue weighted by atomic mass is 32.1. The van der Waals surface area contributed by atoms with Crippen LogP contribution in [-0.4, -0.2) is 15.0 Å². The van der Waals surface area contributed by atoms with Gasteiger partial charge in [0.1, 0.15) is 11.2 Å². The predicted octanol–water partition coefficient (Wildman–Crippen LogP) is 13.1. The van der Waals surface area contributed by atoms with Crippen LogP contribution in [0.5, 0.6) is 0 Å². The van der Waals surface area contributed by atoms with Crippen molar-refractivity contribution >= 4 is 75.0 Å². The molecule has 0 aliphatic heterocycles. The Labute approximate surface area is 302 Å². The second-order valence-electron chi connectivity index (χ2n) is 13.2. The summed E-state index contributed by atoms with van der Waals surface area (Å²) in [7, 11) is 0. The van der Waals surface area contributed by atoms with E-state index in [-0.39, 0.29) is 0 Å². The number of hydrogen-bond donors (Lipinski definition) is 0. The Bertz CT molecular complexity index is 3200. The monoisotopic (exact) mass is 681 g/mol. The molecule has 0 saturated carbocycles. The molecule has 0 aliphatic rings. The summed E-state index contributed by atoms with van der Waals surface area (Å²) in [5.41, 5.74) is 6.75. The Morgan fingerprint density at radius 2 is 1.00 bits per heavy atom. The molecule has 0 spiro atoms. The Hall–Kier alpha value is -6.69. The lowest BCUT2D eigenvalue weighted by Gasteiger charge is -2.13. The van der Waals surface area contributed by atoms with Gasteiger partial charge in [-0.15, -0.1) is 11.3 Å². The highest BCUT2D eigenvalue weighted by Gasteiger charge is 2.19. The lowest BCUT2D eigenvalue weighted by atomic mass is 9.95. The molecule has 0 fully saturated rings. The molecule has 11 rings (SSSR count). The van der Waals surface area contributed by atoms with E-state index >= 15 is 0 Å². The summed E-state index contributed by atoms with van der Waals surface area (Å²) in [5, 5.41) is 9.49. The zero-order chi connectivity index (χ0) is 34.2. The first-order valence-corrected chi connectivity index (χ1v) is 18.2. The van der Waals surface area contributed by atoms with E-state index in [0.29, 0.717) is 17.5 Å². The van der Waals surface area contributed by atoms with Crippen LogP contribution in [0.1, 0.15) is 0 Å². The quantitative estimate of drug-likeness (QED) is 0.185. The number of thiophene rings is 1. The predicted molar refractivity (Wildman–Crippen MR) is 217 cm³/mol. The first kappa shape index (κ1) is 29.1. The lowest BCUT2D eigenvalue weighted by Crippen LogP contribution is -2.01. The van der Waals surface area contributed by atoms with Gasteiger partial charge in [-0.1, -0.05) is 133 Å². The van der Waals surface area contributed by atoms with Crippen molar-refractivity contribution < 1.29 is 4.42 Å². The molecule has 11 aromatic rings. The minimum atomic E-state index is 0.596. The van der Waals surface area contributed by atoms with Crippen LogP contribution >= 0.6 is 11.3 Å². The summed E-state index contributed by atoms with van der Waals surface area (Å²) in [6, 6.07) is 57.4. The third kappa shape index (κ3) is 4.57. The third-order valence-corrected chi connectivity index (χ3v) is 11.4. The molecule has 0 aliphatic carbocycles. The zero-order valence-electron chi connectivity index (χ0n) is 27.7. The summed E-state index contributed by atoms with van der Waals surface area (Å²) in [6.45, 7) is 0. The number of rotatable bonds is 4. The highest BCUT2D eigenvalue weighted by molar-refractivity contribution is 7.27. The van der Waals surface area contributed by atoms with Gasteiger partial charge in [-0.3, -0.25) is 0 Å². The van der Waals surface area contributed by atoms with Crippen LogP contribution in [0, 0.1) is 0 Å². The van der Waals surface area contributed by atoms with E-state index in [4.69, 9.17) is 19.4 Å². The molecule has 242 valence electrons. The normalized spacial score (nSPS) is 11.8. The topological polar surface area (TPSA) is 51.8 Å². The number of fused-ring (bicyclic) bond motifs is 9. The Morgan fingerprint density at radius 1 is 0.346 bits per heavy atom. The number of hydrogen-bond acceptors (Lipinski definition) is 5. The fourth-order valence-corrected chi connectivity index (χ4v) is 8.98. The largest absolute Gasteiger partial charge is 0.456 e. The molecular formula is C47H27N3OS. The van der Waals surface area contributed by atoms with Gasteiger partial charge in [0.25, 0.3) is 0 Å². The maximum atomic E-state index is 6.28. The lowest BCUT2D eigenvalue weighted by molar-refractivity contribution is 0.669. The summed E-state index contributed by atoms with van der Waals surface area (Å²) < 4.78 is 8.87. The van der Waals surface area contributed by atoms with Crippen LogP contribution in [0.4, 0.5) is 0 Å². The SMILES string of the molecule is c1ccc(-c2nc(-c3ccc4c(c3)oc3ccccc34)nc(-c3cc(-c4cccc5c4sc4c6ccccc6ccc54)cc4ccccc34)n2)cc1. The fraction of sp³-hybridized carbons (Fsp3) is 0. The molecule has 3 aromatic heterocycles. The first-order chi connectivity index (χ1) is 25.7. The van der Waals surface area contributed by atoms with E-state index in [1.807, 2.05) is 65.9 Å². The van der Waals surface area contributed by atoms with Crippen LogP contribution in [0.3, 0.4) is 0 Å². The zero-order valence-corrected chi connectivity index (χ0v) is 28.6. The minimum absolute atomic E-state index is 0.596. The van der Waals surface area contributed by atoms with E-state index in [2.05, 4.69) is 109 Å². The average molecular weight is 682 g/mol. The summed E-state index contributed by atoms with van der Waals surface area (Å²) in [6.07, 6.45) is 0. The van der Waals surface area contributed by atoms with Gasteiger partial charge in [0.15, 0.2) is 17.5 Å². The Balaban J connectivity index is 1.15. The van der Waals surface area contributed by atoms with Crippen LogP contribution in [0.2, 0.25) is 0 Å². The molecule has 0 radical (unpaired) electrons. The van der Waals surface area contributed by atoms with Gasteiger partial charge >= 0.3 is 0 Å². The van der Waals surface area contributed by atoms with Gasteiger partial charge in [0, 0.05) is 47.6 Å². The molecule has 0 bridgehead atoms. The minimum Gasteiger partial charge on any atom is -0.456 e. The standard InChI is InChI=1S/C47H27N3OS/c1-2-12-29(13-3-1)45-48-46(31-22-23-37-36-17-8-9-20-41(36)51-42(37)27-31)50-47(49-45)40-26-32(25-30-14-5-6-15-33(30)40)35-18-10-19-38-39-24-21-28-11-4-7-16-34(28)43(39)52-44(35)38/h1-27H. The number of aromatic nitrogens is 3. The van der Waals surface area contributed by atoms with Crippen LogP contribution < -0.4 is 0 Å². The van der Waals surface area contributed by atoms with Crippen LogP contribution in [0.25, 0.3) is 109 Å². The smallest absolute Gasteiger partial charge is 0.164 e.